The molecule has 0 bridgehead atoms. The van der Waals surface area contributed by atoms with E-state index in [-0.39, 0.29) is 23.2 Å². The molecule has 0 aromatic heterocycles. The van der Waals surface area contributed by atoms with E-state index in [4.69, 9.17) is 0 Å². The number of carbonyl (C=O) groups excluding carboxylic acids is 1. The van der Waals surface area contributed by atoms with Gasteiger partial charge in [0.15, 0.2) is 0 Å². The monoisotopic (exact) mass is 309 g/mol. The molecule has 1 heterocycles. The van der Waals surface area contributed by atoms with Crippen LogP contribution >= 0.6 is 11.8 Å². The zero-order valence-electron chi connectivity index (χ0n) is 11.9. The molecular weight excluding hydrogens is 290 g/mol. The van der Waals surface area contributed by atoms with Crippen LogP contribution < -0.4 is 10.6 Å². The maximum Gasteiger partial charge on any atom is 0.305 e. The number of benzene rings is 1. The molecule has 0 aliphatic carbocycles. The van der Waals surface area contributed by atoms with Gasteiger partial charge in [0.1, 0.15) is 11.3 Å². The molecule has 7 heteroatoms. The minimum atomic E-state index is -0.496. The molecule has 1 saturated heterocycles. The fourth-order valence-electron chi connectivity index (χ4n) is 2.36. The smallest absolute Gasteiger partial charge is 0.305 e. The molecule has 0 atom stereocenters. The summed E-state index contributed by atoms with van der Waals surface area (Å²) in [5, 5.41) is 17.1. The summed E-state index contributed by atoms with van der Waals surface area (Å²) in [4.78, 5) is 23.1. The van der Waals surface area contributed by atoms with Crippen molar-refractivity contribution in [1.82, 2.24) is 5.32 Å². The number of hydrogen-bond acceptors (Lipinski definition) is 5. The van der Waals surface area contributed by atoms with Crippen LogP contribution in [0.4, 0.5) is 11.4 Å². The number of para-hydroxylation sites is 1. The van der Waals surface area contributed by atoms with Crippen LogP contribution in [-0.4, -0.2) is 34.9 Å². The van der Waals surface area contributed by atoms with Crippen LogP contribution in [-0.2, 0) is 0 Å². The molecule has 2 N–H and O–H groups in total. The lowest BCUT2D eigenvalue weighted by Gasteiger charge is -2.22. The van der Waals surface area contributed by atoms with Crippen LogP contribution in [0.5, 0.6) is 0 Å². The summed E-state index contributed by atoms with van der Waals surface area (Å²) in [6.45, 7) is 2.42. The molecule has 21 heavy (non-hydrogen) atoms. The zero-order chi connectivity index (χ0) is 15.2. The van der Waals surface area contributed by atoms with E-state index >= 15 is 0 Å². The lowest BCUT2D eigenvalue weighted by atomic mass is 10.1. The van der Waals surface area contributed by atoms with Crippen molar-refractivity contribution in [3.63, 3.8) is 0 Å². The van der Waals surface area contributed by atoms with Gasteiger partial charge in [-0.1, -0.05) is 6.07 Å². The highest BCUT2D eigenvalue weighted by Gasteiger charge is 2.26. The molecular formula is C14H19N3O3S. The molecule has 2 rings (SSSR count). The van der Waals surface area contributed by atoms with Crippen molar-refractivity contribution in [2.24, 2.45) is 0 Å². The van der Waals surface area contributed by atoms with Crippen molar-refractivity contribution in [2.45, 2.75) is 25.8 Å². The average Bonchev–Trinajstić information content (AvgIpc) is 2.48. The third-order valence-corrected chi connectivity index (χ3v) is 4.44. The predicted molar refractivity (Wildman–Crippen MR) is 85.1 cm³/mol. The Morgan fingerprint density at radius 2 is 2.14 bits per heavy atom. The molecule has 0 saturated carbocycles. The van der Waals surface area contributed by atoms with E-state index in [0.29, 0.717) is 12.2 Å². The molecule has 0 unspecified atom stereocenters. The van der Waals surface area contributed by atoms with Gasteiger partial charge in [-0.25, -0.2) is 0 Å². The number of amides is 1. The molecule has 0 radical (unpaired) electrons. The number of nitro benzene ring substituents is 1. The van der Waals surface area contributed by atoms with Crippen LogP contribution in [0.15, 0.2) is 18.2 Å². The molecule has 1 aromatic rings. The fraction of sp³-hybridized carbons (Fsp3) is 0.500. The van der Waals surface area contributed by atoms with E-state index in [9.17, 15) is 14.9 Å². The highest BCUT2D eigenvalue weighted by molar-refractivity contribution is 7.99. The number of carbonyl (C=O) groups is 1. The van der Waals surface area contributed by atoms with Gasteiger partial charge in [-0.3, -0.25) is 14.9 Å². The summed E-state index contributed by atoms with van der Waals surface area (Å²) in [5.41, 5.74) is 0.355. The van der Waals surface area contributed by atoms with Gasteiger partial charge in [0, 0.05) is 12.6 Å². The summed E-state index contributed by atoms with van der Waals surface area (Å²) < 4.78 is 0. The molecule has 1 amide bonds. The average molecular weight is 309 g/mol. The van der Waals surface area contributed by atoms with Crippen molar-refractivity contribution in [1.29, 1.82) is 0 Å². The fourth-order valence-corrected chi connectivity index (χ4v) is 3.47. The number of rotatable bonds is 5. The number of hydrogen-bond donors (Lipinski definition) is 2. The third-order valence-electron chi connectivity index (χ3n) is 3.39. The van der Waals surface area contributed by atoms with Gasteiger partial charge < -0.3 is 10.6 Å². The van der Waals surface area contributed by atoms with E-state index in [2.05, 4.69) is 10.6 Å². The van der Waals surface area contributed by atoms with Gasteiger partial charge in [0.05, 0.1) is 4.92 Å². The van der Waals surface area contributed by atoms with E-state index < -0.39 is 4.92 Å². The first kappa shape index (κ1) is 15.6. The summed E-state index contributed by atoms with van der Waals surface area (Å²) in [5.74, 6) is 1.67. The Balaban J connectivity index is 2.22. The van der Waals surface area contributed by atoms with E-state index in [0.717, 1.165) is 24.3 Å². The normalized spacial score (nSPS) is 15.5. The van der Waals surface area contributed by atoms with Crippen LogP contribution in [0.1, 0.15) is 30.1 Å². The Morgan fingerprint density at radius 1 is 1.43 bits per heavy atom. The number of anilines is 1. The summed E-state index contributed by atoms with van der Waals surface area (Å²) in [6.07, 6.45) is 1.83. The second-order valence-corrected chi connectivity index (χ2v) is 6.07. The Hall–Kier alpha value is -1.76. The summed E-state index contributed by atoms with van der Waals surface area (Å²) in [7, 11) is 0. The maximum atomic E-state index is 12.3. The van der Waals surface area contributed by atoms with Crippen molar-refractivity contribution in [3.8, 4) is 0 Å². The van der Waals surface area contributed by atoms with Crippen LogP contribution in [0.25, 0.3) is 0 Å². The van der Waals surface area contributed by atoms with Gasteiger partial charge >= 0.3 is 5.69 Å². The van der Waals surface area contributed by atoms with Crippen molar-refractivity contribution < 1.29 is 9.72 Å². The van der Waals surface area contributed by atoms with Gasteiger partial charge in [-0.05, 0) is 43.4 Å². The standard InChI is InChI=1S/C14H19N3O3S/c1-2-15-12-5-3-4-11(13(12)17(19)20)14(18)16-10-6-8-21-9-7-10/h3-5,10,15H,2,6-9H2,1H3,(H,16,18). The first-order valence-electron chi connectivity index (χ1n) is 7.03. The summed E-state index contributed by atoms with van der Waals surface area (Å²) >= 11 is 1.87. The van der Waals surface area contributed by atoms with Gasteiger partial charge in [-0.15, -0.1) is 0 Å². The number of nitro groups is 1. The highest BCUT2D eigenvalue weighted by atomic mass is 32.2. The Morgan fingerprint density at radius 3 is 2.76 bits per heavy atom. The first-order chi connectivity index (χ1) is 10.1. The maximum absolute atomic E-state index is 12.3. The topological polar surface area (TPSA) is 84.3 Å². The lowest BCUT2D eigenvalue weighted by Crippen LogP contribution is -2.37. The van der Waals surface area contributed by atoms with Crippen molar-refractivity contribution in [2.75, 3.05) is 23.4 Å². The Kier molecular flexibility index (Phi) is 5.44. The SMILES string of the molecule is CCNc1cccc(C(=O)NC2CCSCC2)c1[N+](=O)[O-]. The largest absolute Gasteiger partial charge is 0.380 e. The van der Waals surface area contributed by atoms with E-state index in [1.165, 1.54) is 6.07 Å². The zero-order valence-corrected chi connectivity index (χ0v) is 12.7. The molecule has 0 spiro atoms. The number of nitrogens with one attached hydrogen (secondary N) is 2. The molecule has 1 aromatic carbocycles. The second-order valence-electron chi connectivity index (χ2n) is 4.85. The Labute approximate surface area is 127 Å². The molecule has 1 fully saturated rings. The van der Waals surface area contributed by atoms with Crippen molar-refractivity contribution in [3.05, 3.63) is 33.9 Å². The predicted octanol–water partition coefficient (Wildman–Crippen LogP) is 2.65. The van der Waals surface area contributed by atoms with Crippen molar-refractivity contribution >= 4 is 29.0 Å². The molecule has 1 aliphatic heterocycles. The lowest BCUT2D eigenvalue weighted by molar-refractivity contribution is -0.384. The second kappa shape index (κ2) is 7.31. The summed E-state index contributed by atoms with van der Waals surface area (Å²) in [6, 6.07) is 4.90. The third kappa shape index (κ3) is 3.87. The molecule has 6 nitrogen and oxygen atoms in total. The van der Waals surface area contributed by atoms with E-state index in [1.54, 1.807) is 12.1 Å². The quantitative estimate of drug-likeness (QED) is 0.645. The Bertz CT molecular complexity index is 530. The van der Waals surface area contributed by atoms with Crippen LogP contribution in [0, 0.1) is 10.1 Å². The van der Waals surface area contributed by atoms with Gasteiger partial charge in [0.25, 0.3) is 5.91 Å². The number of nitrogens with zero attached hydrogens (tertiary/aromatic N) is 1. The first-order valence-corrected chi connectivity index (χ1v) is 8.18. The minimum absolute atomic E-state index is 0.112. The van der Waals surface area contributed by atoms with Crippen LogP contribution in [0.2, 0.25) is 0 Å². The van der Waals surface area contributed by atoms with Gasteiger partial charge in [0.2, 0.25) is 0 Å². The molecule has 1 aliphatic rings. The number of thioether (sulfide) groups is 1. The minimum Gasteiger partial charge on any atom is -0.380 e. The van der Waals surface area contributed by atoms with Gasteiger partial charge in [-0.2, -0.15) is 11.8 Å². The highest BCUT2D eigenvalue weighted by Crippen LogP contribution is 2.29. The van der Waals surface area contributed by atoms with E-state index in [1.807, 2.05) is 18.7 Å². The molecule has 114 valence electrons. The van der Waals surface area contributed by atoms with Crippen LogP contribution in [0.3, 0.4) is 0 Å².